The van der Waals surface area contributed by atoms with E-state index in [1.165, 1.54) is 11.1 Å². The van der Waals surface area contributed by atoms with Gasteiger partial charge in [0.05, 0.1) is 0 Å². The van der Waals surface area contributed by atoms with E-state index >= 15 is 0 Å². The summed E-state index contributed by atoms with van der Waals surface area (Å²) in [4.78, 5) is 11.5. The molecule has 2 amide bonds. The molecule has 0 aliphatic heterocycles. The molecule has 0 radical (unpaired) electrons. The fourth-order valence-corrected chi connectivity index (χ4v) is 1.97. The molecule has 0 saturated carbocycles. The van der Waals surface area contributed by atoms with Crippen molar-refractivity contribution in [1.82, 2.24) is 10.6 Å². The molecule has 0 aromatic heterocycles. The van der Waals surface area contributed by atoms with Crippen molar-refractivity contribution < 1.29 is 9.53 Å². The molecule has 0 unspecified atom stereocenters. The number of urea groups is 1. The van der Waals surface area contributed by atoms with Gasteiger partial charge in [-0.15, -0.1) is 0 Å². The molecule has 0 aliphatic rings. The van der Waals surface area contributed by atoms with Crippen LogP contribution in [0.4, 0.5) is 4.79 Å². The van der Waals surface area contributed by atoms with Gasteiger partial charge in [0.2, 0.25) is 0 Å². The number of benzene rings is 1. The van der Waals surface area contributed by atoms with Crippen LogP contribution in [0.15, 0.2) is 24.3 Å². The zero-order chi connectivity index (χ0) is 15.5. The predicted molar refractivity (Wildman–Crippen MR) is 86.7 cm³/mol. The van der Waals surface area contributed by atoms with Crippen LogP contribution in [0.5, 0.6) is 0 Å². The fourth-order valence-electron chi connectivity index (χ4n) is 1.97. The van der Waals surface area contributed by atoms with E-state index in [1.807, 2.05) is 6.92 Å². The van der Waals surface area contributed by atoms with Gasteiger partial charge in [-0.25, -0.2) is 4.79 Å². The lowest BCUT2D eigenvalue weighted by Crippen LogP contribution is -2.37. The van der Waals surface area contributed by atoms with Crippen molar-refractivity contribution >= 4 is 6.03 Å². The zero-order valence-electron chi connectivity index (χ0n) is 13.4. The summed E-state index contributed by atoms with van der Waals surface area (Å²) in [5.41, 5.74) is 2.59. The maximum Gasteiger partial charge on any atom is 0.314 e. The van der Waals surface area contributed by atoms with Gasteiger partial charge in [0.15, 0.2) is 0 Å². The van der Waals surface area contributed by atoms with Crippen molar-refractivity contribution in [3.8, 4) is 0 Å². The molecule has 21 heavy (non-hydrogen) atoms. The molecule has 118 valence electrons. The molecule has 0 atom stereocenters. The van der Waals surface area contributed by atoms with Crippen LogP contribution in [0.25, 0.3) is 0 Å². The largest absolute Gasteiger partial charge is 0.382 e. The molecule has 1 aromatic carbocycles. The molecule has 0 bridgehead atoms. The predicted octanol–water partition coefficient (Wildman–Crippen LogP) is 3.08. The average molecular weight is 292 g/mol. The molecule has 4 nitrogen and oxygen atoms in total. The first-order valence-electron chi connectivity index (χ1n) is 7.81. The van der Waals surface area contributed by atoms with E-state index in [9.17, 15) is 4.79 Å². The zero-order valence-corrected chi connectivity index (χ0v) is 13.4. The molecule has 2 N–H and O–H groups in total. The Morgan fingerprint density at radius 2 is 1.81 bits per heavy atom. The SMILES string of the molecule is CCOCCCNC(=O)NCCc1ccc(C(C)C)cc1. The normalized spacial score (nSPS) is 10.7. The van der Waals surface area contributed by atoms with Gasteiger partial charge >= 0.3 is 6.03 Å². The summed E-state index contributed by atoms with van der Waals surface area (Å²) >= 11 is 0. The summed E-state index contributed by atoms with van der Waals surface area (Å²) in [5.74, 6) is 0.555. The van der Waals surface area contributed by atoms with E-state index in [0.717, 1.165) is 19.4 Å². The van der Waals surface area contributed by atoms with E-state index in [0.29, 0.717) is 25.6 Å². The van der Waals surface area contributed by atoms with Crippen LogP contribution in [-0.4, -0.2) is 32.3 Å². The van der Waals surface area contributed by atoms with Gasteiger partial charge in [-0.05, 0) is 36.8 Å². The number of carbonyl (C=O) groups excluding carboxylic acids is 1. The average Bonchev–Trinajstić information content (AvgIpc) is 2.47. The first-order chi connectivity index (χ1) is 10.1. The highest BCUT2D eigenvalue weighted by molar-refractivity contribution is 5.73. The van der Waals surface area contributed by atoms with Gasteiger partial charge in [0.1, 0.15) is 0 Å². The van der Waals surface area contributed by atoms with Gasteiger partial charge in [0, 0.05) is 26.3 Å². The third-order valence-electron chi connectivity index (χ3n) is 3.30. The minimum atomic E-state index is -0.106. The fraction of sp³-hybridized carbons (Fsp3) is 0.588. The number of rotatable bonds is 9. The number of amides is 2. The smallest absolute Gasteiger partial charge is 0.314 e. The molecule has 0 heterocycles. The van der Waals surface area contributed by atoms with E-state index in [4.69, 9.17) is 4.74 Å². The van der Waals surface area contributed by atoms with Crippen molar-refractivity contribution in [3.63, 3.8) is 0 Å². The summed E-state index contributed by atoms with van der Waals surface area (Å²) in [6.45, 7) is 9.06. The number of hydrogen-bond acceptors (Lipinski definition) is 2. The second kappa shape index (κ2) is 10.2. The van der Waals surface area contributed by atoms with Crippen molar-refractivity contribution in [3.05, 3.63) is 35.4 Å². The first kappa shape index (κ1) is 17.5. The summed E-state index contributed by atoms with van der Waals surface area (Å²) in [6, 6.07) is 8.49. The highest BCUT2D eigenvalue weighted by atomic mass is 16.5. The molecule has 4 heteroatoms. The Hall–Kier alpha value is -1.55. The number of hydrogen-bond donors (Lipinski definition) is 2. The van der Waals surface area contributed by atoms with Gasteiger partial charge < -0.3 is 15.4 Å². The quantitative estimate of drug-likeness (QED) is 0.687. The van der Waals surface area contributed by atoms with Crippen LogP contribution in [0, 0.1) is 0 Å². The Labute approximate surface area is 128 Å². The monoisotopic (exact) mass is 292 g/mol. The minimum Gasteiger partial charge on any atom is -0.382 e. The maximum atomic E-state index is 11.5. The molecular weight excluding hydrogens is 264 g/mol. The van der Waals surface area contributed by atoms with Crippen molar-refractivity contribution in [2.45, 2.75) is 39.5 Å². The molecule has 1 rings (SSSR count). The minimum absolute atomic E-state index is 0.106. The van der Waals surface area contributed by atoms with Crippen LogP contribution in [-0.2, 0) is 11.2 Å². The molecule has 0 aliphatic carbocycles. The second-order valence-electron chi connectivity index (χ2n) is 5.38. The lowest BCUT2D eigenvalue weighted by atomic mass is 10.0. The number of nitrogens with one attached hydrogen (secondary N) is 2. The second-order valence-corrected chi connectivity index (χ2v) is 5.38. The van der Waals surface area contributed by atoms with Crippen LogP contribution in [0.2, 0.25) is 0 Å². The van der Waals surface area contributed by atoms with Crippen LogP contribution < -0.4 is 10.6 Å². The standard InChI is InChI=1S/C17H28N2O2/c1-4-21-13-5-11-18-17(20)19-12-10-15-6-8-16(9-7-15)14(2)3/h6-9,14H,4-5,10-13H2,1-3H3,(H2,18,19,20). The molecular formula is C17H28N2O2. The lowest BCUT2D eigenvalue weighted by Gasteiger charge is -2.09. The summed E-state index contributed by atoms with van der Waals surface area (Å²) < 4.78 is 5.21. The topological polar surface area (TPSA) is 50.4 Å². The van der Waals surface area contributed by atoms with Gasteiger partial charge in [0.25, 0.3) is 0 Å². The van der Waals surface area contributed by atoms with Crippen molar-refractivity contribution in [1.29, 1.82) is 0 Å². The van der Waals surface area contributed by atoms with Crippen LogP contribution in [0.3, 0.4) is 0 Å². The molecule has 0 saturated heterocycles. The van der Waals surface area contributed by atoms with Crippen molar-refractivity contribution in [2.75, 3.05) is 26.3 Å². The molecule has 0 spiro atoms. The van der Waals surface area contributed by atoms with E-state index < -0.39 is 0 Å². The molecule has 0 fully saturated rings. The first-order valence-corrected chi connectivity index (χ1v) is 7.81. The van der Waals surface area contributed by atoms with Crippen LogP contribution in [0.1, 0.15) is 44.2 Å². The van der Waals surface area contributed by atoms with Crippen molar-refractivity contribution in [2.24, 2.45) is 0 Å². The Bertz CT molecular complexity index is 402. The van der Waals surface area contributed by atoms with Gasteiger partial charge in [-0.1, -0.05) is 38.1 Å². The Morgan fingerprint density at radius 3 is 2.43 bits per heavy atom. The van der Waals surface area contributed by atoms with E-state index in [1.54, 1.807) is 0 Å². The molecule has 1 aromatic rings. The van der Waals surface area contributed by atoms with E-state index in [2.05, 4.69) is 48.7 Å². The van der Waals surface area contributed by atoms with E-state index in [-0.39, 0.29) is 6.03 Å². The summed E-state index contributed by atoms with van der Waals surface area (Å²) in [5, 5.41) is 5.69. The van der Waals surface area contributed by atoms with Gasteiger partial charge in [-0.2, -0.15) is 0 Å². The van der Waals surface area contributed by atoms with Gasteiger partial charge in [-0.3, -0.25) is 0 Å². The third kappa shape index (κ3) is 7.71. The highest BCUT2D eigenvalue weighted by Crippen LogP contribution is 2.14. The van der Waals surface area contributed by atoms with Crippen LogP contribution >= 0.6 is 0 Å². The summed E-state index contributed by atoms with van der Waals surface area (Å²) in [7, 11) is 0. The third-order valence-corrected chi connectivity index (χ3v) is 3.30. The Kier molecular flexibility index (Phi) is 8.51. The highest BCUT2D eigenvalue weighted by Gasteiger charge is 2.01. The summed E-state index contributed by atoms with van der Waals surface area (Å²) in [6.07, 6.45) is 1.70. The number of ether oxygens (including phenoxy) is 1. The Balaban J connectivity index is 2.13. The Morgan fingerprint density at radius 1 is 1.14 bits per heavy atom. The number of carbonyl (C=O) groups is 1. The maximum absolute atomic E-state index is 11.5. The lowest BCUT2D eigenvalue weighted by molar-refractivity contribution is 0.145.